The van der Waals surface area contributed by atoms with Gasteiger partial charge in [0.2, 0.25) is 0 Å². The van der Waals surface area contributed by atoms with Gasteiger partial charge >= 0.3 is 0 Å². The first-order valence-corrected chi connectivity index (χ1v) is 3.94. The Bertz CT molecular complexity index is 59.6. The van der Waals surface area contributed by atoms with Crippen molar-refractivity contribution in [2.24, 2.45) is 11.8 Å². The average molecular weight is 125 g/mol. The Kier molecular flexibility index (Phi) is 4.93. The molecule has 0 N–H and O–H groups in total. The summed E-state index contributed by atoms with van der Waals surface area (Å²) in [4.78, 5) is 0. The van der Waals surface area contributed by atoms with Crippen molar-refractivity contribution in [3.63, 3.8) is 0 Å². The molecule has 0 heterocycles. The van der Waals surface area contributed by atoms with Crippen molar-refractivity contribution in [3.05, 3.63) is 0 Å². The molecule has 0 aromatic rings. The van der Waals surface area contributed by atoms with Crippen LogP contribution in [0.15, 0.2) is 0 Å². The Hall–Kier alpha value is 0.0649. The maximum Gasteiger partial charge on any atom is 0.106 e. The minimum Gasteiger partial charge on any atom is -0.0920 e. The lowest BCUT2D eigenvalue weighted by Crippen LogP contribution is -2.01. The monoisotopic (exact) mass is 125 g/mol. The third kappa shape index (κ3) is 5.94. The van der Waals surface area contributed by atoms with Gasteiger partial charge in [-0.2, -0.15) is 0 Å². The molecule has 0 amide bonds. The van der Waals surface area contributed by atoms with Gasteiger partial charge in [0.15, 0.2) is 0 Å². The quantitative estimate of drug-likeness (QED) is 0.506. The van der Waals surface area contributed by atoms with Gasteiger partial charge in [-0.1, -0.05) is 39.8 Å². The standard InChI is InChI=1S/C8H18B/c1-7(2)5-8(3)6-9-4/h7-8H,5-6H2,1-4H3. The fraction of sp³-hybridized carbons (Fsp3) is 1.00. The van der Waals surface area contributed by atoms with Crippen LogP contribution < -0.4 is 0 Å². The Morgan fingerprint density at radius 1 is 1.22 bits per heavy atom. The molecule has 0 saturated carbocycles. The van der Waals surface area contributed by atoms with Crippen LogP contribution in [-0.4, -0.2) is 7.28 Å². The van der Waals surface area contributed by atoms with E-state index in [4.69, 9.17) is 0 Å². The predicted octanol–water partition coefficient (Wildman–Crippen LogP) is 2.84. The average Bonchev–Trinajstić information content (AvgIpc) is 1.63. The van der Waals surface area contributed by atoms with Crippen LogP contribution in [-0.2, 0) is 0 Å². The lowest BCUT2D eigenvalue weighted by molar-refractivity contribution is 0.468. The molecule has 9 heavy (non-hydrogen) atoms. The van der Waals surface area contributed by atoms with E-state index in [-0.39, 0.29) is 0 Å². The molecule has 1 heteroatoms. The first-order valence-electron chi connectivity index (χ1n) is 3.94. The van der Waals surface area contributed by atoms with E-state index in [1.807, 2.05) is 0 Å². The molecule has 0 aromatic carbocycles. The fourth-order valence-electron chi connectivity index (χ4n) is 1.30. The molecule has 0 aromatic heterocycles. The molecule has 0 saturated heterocycles. The van der Waals surface area contributed by atoms with Gasteiger partial charge in [0.05, 0.1) is 0 Å². The highest BCUT2D eigenvalue weighted by Gasteiger charge is 2.02. The van der Waals surface area contributed by atoms with Crippen LogP contribution in [0, 0.1) is 11.8 Å². The van der Waals surface area contributed by atoms with Gasteiger partial charge in [0, 0.05) is 0 Å². The smallest absolute Gasteiger partial charge is 0.0920 e. The summed E-state index contributed by atoms with van der Waals surface area (Å²) >= 11 is 0. The lowest BCUT2D eigenvalue weighted by Gasteiger charge is -2.11. The van der Waals surface area contributed by atoms with E-state index in [1.54, 1.807) is 0 Å². The summed E-state index contributed by atoms with van der Waals surface area (Å²) in [6, 6.07) is 0. The number of hydrogen-bond acceptors (Lipinski definition) is 0. The zero-order valence-corrected chi connectivity index (χ0v) is 7.15. The van der Waals surface area contributed by atoms with Gasteiger partial charge in [-0.3, -0.25) is 0 Å². The minimum atomic E-state index is 0.861. The van der Waals surface area contributed by atoms with Gasteiger partial charge in [0.25, 0.3) is 0 Å². The van der Waals surface area contributed by atoms with Crippen molar-refractivity contribution in [3.8, 4) is 0 Å². The molecule has 0 bridgehead atoms. The predicted molar refractivity (Wildman–Crippen MR) is 45.0 cm³/mol. The highest BCUT2D eigenvalue weighted by molar-refractivity contribution is 6.33. The Balaban J connectivity index is 3.15. The molecule has 0 aliphatic heterocycles. The third-order valence-electron chi connectivity index (χ3n) is 1.51. The Labute approximate surface area is 60.3 Å². The first-order chi connectivity index (χ1) is 4.16. The molecule has 0 rings (SSSR count). The summed E-state index contributed by atoms with van der Waals surface area (Å²) in [5.74, 6) is 1.75. The highest BCUT2D eigenvalue weighted by Crippen LogP contribution is 2.13. The van der Waals surface area contributed by atoms with E-state index in [0.717, 1.165) is 11.8 Å². The molecule has 53 valence electrons. The van der Waals surface area contributed by atoms with Crippen LogP contribution >= 0.6 is 0 Å². The molecule has 0 spiro atoms. The maximum atomic E-state index is 2.32. The second kappa shape index (κ2) is 4.90. The van der Waals surface area contributed by atoms with Gasteiger partial charge in [-0.25, -0.2) is 0 Å². The fourth-order valence-corrected chi connectivity index (χ4v) is 1.30. The summed E-state index contributed by atoms with van der Waals surface area (Å²) in [5.41, 5.74) is 0. The van der Waals surface area contributed by atoms with Crippen LogP contribution in [0.25, 0.3) is 0 Å². The molecular weight excluding hydrogens is 107 g/mol. The van der Waals surface area contributed by atoms with Crippen molar-refractivity contribution in [2.75, 3.05) is 0 Å². The second-order valence-electron chi connectivity index (χ2n) is 3.38. The maximum absolute atomic E-state index is 2.32. The normalized spacial score (nSPS) is 13.9. The van der Waals surface area contributed by atoms with Gasteiger partial charge < -0.3 is 0 Å². The molecule has 0 aliphatic rings. The van der Waals surface area contributed by atoms with Crippen molar-refractivity contribution in [1.82, 2.24) is 0 Å². The van der Waals surface area contributed by atoms with Gasteiger partial charge in [0.1, 0.15) is 7.28 Å². The van der Waals surface area contributed by atoms with E-state index >= 15 is 0 Å². The van der Waals surface area contributed by atoms with Crippen molar-refractivity contribution in [1.29, 1.82) is 0 Å². The highest BCUT2D eigenvalue weighted by atomic mass is 14.0. The summed E-state index contributed by atoms with van der Waals surface area (Å²) in [6.07, 6.45) is 2.64. The summed E-state index contributed by atoms with van der Waals surface area (Å²) in [5, 5.41) is 0. The summed E-state index contributed by atoms with van der Waals surface area (Å²) in [7, 11) is 2.26. The molecular formula is C8H18B. The second-order valence-corrected chi connectivity index (χ2v) is 3.38. The van der Waals surface area contributed by atoms with E-state index < -0.39 is 0 Å². The molecule has 1 unspecified atom stereocenters. The molecule has 0 fully saturated rings. The summed E-state index contributed by atoms with van der Waals surface area (Å²) < 4.78 is 0. The minimum absolute atomic E-state index is 0.861. The van der Waals surface area contributed by atoms with E-state index in [0.29, 0.717) is 0 Å². The summed E-state index contributed by atoms with van der Waals surface area (Å²) in [6.45, 7) is 9.02. The van der Waals surface area contributed by atoms with Crippen LogP contribution in [0.4, 0.5) is 0 Å². The van der Waals surface area contributed by atoms with Crippen LogP contribution in [0.5, 0.6) is 0 Å². The number of rotatable bonds is 4. The molecule has 1 radical (unpaired) electrons. The largest absolute Gasteiger partial charge is 0.106 e. The molecule has 0 nitrogen and oxygen atoms in total. The van der Waals surface area contributed by atoms with E-state index in [2.05, 4.69) is 34.9 Å². The Morgan fingerprint density at radius 2 is 1.78 bits per heavy atom. The van der Waals surface area contributed by atoms with E-state index in [1.165, 1.54) is 12.7 Å². The van der Waals surface area contributed by atoms with Crippen LogP contribution in [0.3, 0.4) is 0 Å². The third-order valence-corrected chi connectivity index (χ3v) is 1.51. The van der Waals surface area contributed by atoms with Crippen molar-refractivity contribution >= 4 is 7.28 Å². The van der Waals surface area contributed by atoms with Crippen LogP contribution in [0.1, 0.15) is 27.2 Å². The molecule has 1 atom stereocenters. The Morgan fingerprint density at radius 3 is 2.11 bits per heavy atom. The number of hydrogen-bond donors (Lipinski definition) is 0. The lowest BCUT2D eigenvalue weighted by atomic mass is 9.71. The zero-order valence-electron chi connectivity index (χ0n) is 7.15. The van der Waals surface area contributed by atoms with E-state index in [9.17, 15) is 0 Å². The van der Waals surface area contributed by atoms with Crippen molar-refractivity contribution in [2.45, 2.75) is 40.3 Å². The molecule has 0 aliphatic carbocycles. The topological polar surface area (TPSA) is 0 Å². The first kappa shape index (κ1) is 9.06. The van der Waals surface area contributed by atoms with Crippen molar-refractivity contribution < 1.29 is 0 Å². The van der Waals surface area contributed by atoms with Gasteiger partial charge in [-0.15, -0.1) is 0 Å². The van der Waals surface area contributed by atoms with Crippen LogP contribution in [0.2, 0.25) is 13.1 Å². The SMILES string of the molecule is C[B]CC(C)CC(C)C. The van der Waals surface area contributed by atoms with Gasteiger partial charge in [-0.05, 0) is 12.3 Å². The zero-order chi connectivity index (χ0) is 7.28.